The Kier molecular flexibility index (Phi) is 4.66. The smallest absolute Gasteiger partial charge is 0.272 e. The molecular weight excluding hydrogens is 332 g/mol. The molecule has 142 valence electrons. The van der Waals surface area contributed by atoms with E-state index >= 15 is 0 Å². The number of β-amino-alcohol motifs (C(OH)–C–C–N with tert-alkyl or cyclic N) is 1. The maximum Gasteiger partial charge on any atom is 0.272 e. The number of amides is 1. The summed E-state index contributed by atoms with van der Waals surface area (Å²) in [6, 6.07) is 1.82. The van der Waals surface area contributed by atoms with E-state index in [1.165, 1.54) is 0 Å². The van der Waals surface area contributed by atoms with Crippen molar-refractivity contribution in [2.24, 2.45) is 14.1 Å². The second kappa shape index (κ2) is 6.51. The van der Waals surface area contributed by atoms with Gasteiger partial charge in [-0.25, -0.2) is 0 Å². The maximum absolute atomic E-state index is 13.0. The van der Waals surface area contributed by atoms with Gasteiger partial charge in [-0.3, -0.25) is 14.2 Å². The topological polar surface area (TPSA) is 79.4 Å². The Morgan fingerprint density at radius 3 is 2.54 bits per heavy atom. The van der Waals surface area contributed by atoms with Crippen molar-refractivity contribution in [3.63, 3.8) is 0 Å². The molecular formula is C18H28N6O2. The highest BCUT2D eigenvalue weighted by Gasteiger charge is 2.39. The van der Waals surface area contributed by atoms with Crippen molar-refractivity contribution in [3.8, 4) is 11.3 Å². The summed E-state index contributed by atoms with van der Waals surface area (Å²) in [6.45, 7) is 5.37. The first-order valence-electron chi connectivity index (χ1n) is 8.82. The van der Waals surface area contributed by atoms with Crippen molar-refractivity contribution in [3.05, 3.63) is 23.1 Å². The van der Waals surface area contributed by atoms with Crippen LogP contribution in [0.25, 0.3) is 11.3 Å². The molecule has 2 aromatic rings. The zero-order valence-corrected chi connectivity index (χ0v) is 16.4. The second-order valence-corrected chi connectivity index (χ2v) is 7.65. The second-order valence-electron chi connectivity index (χ2n) is 7.65. The van der Waals surface area contributed by atoms with Crippen molar-refractivity contribution < 1.29 is 9.90 Å². The molecule has 3 rings (SSSR count). The first-order valence-corrected chi connectivity index (χ1v) is 8.82. The van der Waals surface area contributed by atoms with Gasteiger partial charge in [0, 0.05) is 38.4 Å². The number of rotatable bonds is 4. The van der Waals surface area contributed by atoms with E-state index in [-0.39, 0.29) is 5.91 Å². The predicted octanol–water partition coefficient (Wildman–Crippen LogP) is 0.576. The minimum atomic E-state index is -0.850. The highest BCUT2D eigenvalue weighted by Crippen LogP contribution is 2.28. The summed E-state index contributed by atoms with van der Waals surface area (Å²) in [5, 5.41) is 19.7. The van der Waals surface area contributed by atoms with Gasteiger partial charge in [0.15, 0.2) is 0 Å². The number of hydrogen-bond donors (Lipinski definition) is 1. The van der Waals surface area contributed by atoms with E-state index in [1.54, 1.807) is 16.6 Å². The van der Waals surface area contributed by atoms with Crippen molar-refractivity contribution >= 4 is 5.91 Å². The molecule has 0 unspecified atom stereocenters. The average Bonchev–Trinajstić information content (AvgIpc) is 3.16. The van der Waals surface area contributed by atoms with Crippen molar-refractivity contribution in [1.29, 1.82) is 0 Å². The molecule has 1 amide bonds. The van der Waals surface area contributed by atoms with Crippen LogP contribution in [0.3, 0.4) is 0 Å². The van der Waals surface area contributed by atoms with E-state index in [0.29, 0.717) is 31.7 Å². The Morgan fingerprint density at radius 2 is 1.96 bits per heavy atom. The van der Waals surface area contributed by atoms with E-state index in [9.17, 15) is 9.90 Å². The van der Waals surface area contributed by atoms with Gasteiger partial charge in [-0.15, -0.1) is 0 Å². The third-order valence-corrected chi connectivity index (χ3v) is 5.09. The average molecular weight is 360 g/mol. The van der Waals surface area contributed by atoms with Gasteiger partial charge >= 0.3 is 0 Å². The Morgan fingerprint density at radius 1 is 1.27 bits per heavy atom. The molecule has 0 bridgehead atoms. The molecule has 1 N–H and O–H groups in total. The minimum absolute atomic E-state index is 0.0971. The number of aryl methyl sites for hydroxylation is 3. The zero-order chi connectivity index (χ0) is 19.2. The number of aromatic nitrogens is 4. The zero-order valence-electron chi connectivity index (χ0n) is 16.4. The van der Waals surface area contributed by atoms with Crippen LogP contribution in [0.2, 0.25) is 0 Å². The van der Waals surface area contributed by atoms with Crippen molar-refractivity contribution in [1.82, 2.24) is 29.4 Å². The lowest BCUT2D eigenvalue weighted by Gasteiger charge is -2.26. The minimum Gasteiger partial charge on any atom is -0.387 e. The molecule has 0 aromatic carbocycles. The van der Waals surface area contributed by atoms with E-state index < -0.39 is 5.60 Å². The monoisotopic (exact) mass is 360 g/mol. The molecule has 1 aliphatic rings. The van der Waals surface area contributed by atoms with Crippen LogP contribution in [-0.2, 0) is 14.1 Å². The highest BCUT2D eigenvalue weighted by molar-refractivity contribution is 5.94. The fraction of sp³-hybridized carbons (Fsp3) is 0.611. The number of carbonyl (C=O) groups excluding carboxylic acids is 1. The number of aliphatic hydroxyl groups is 1. The van der Waals surface area contributed by atoms with Crippen molar-refractivity contribution in [2.75, 3.05) is 33.7 Å². The van der Waals surface area contributed by atoms with Crippen LogP contribution in [0, 0.1) is 13.8 Å². The van der Waals surface area contributed by atoms with Gasteiger partial charge < -0.3 is 14.9 Å². The maximum atomic E-state index is 13.0. The van der Waals surface area contributed by atoms with E-state index in [4.69, 9.17) is 0 Å². The lowest BCUT2D eigenvalue weighted by molar-refractivity contribution is 0.0234. The Hall–Kier alpha value is -2.19. The van der Waals surface area contributed by atoms with Crippen LogP contribution < -0.4 is 0 Å². The Bertz CT molecular complexity index is 837. The van der Waals surface area contributed by atoms with Crippen LogP contribution in [-0.4, -0.2) is 79.7 Å². The van der Waals surface area contributed by atoms with E-state index in [1.807, 2.05) is 50.6 Å². The normalized spacial score (nSPS) is 20.4. The molecule has 0 radical (unpaired) electrons. The fourth-order valence-corrected chi connectivity index (χ4v) is 3.84. The summed E-state index contributed by atoms with van der Waals surface area (Å²) in [5.41, 5.74) is 3.30. The van der Waals surface area contributed by atoms with Gasteiger partial charge in [0.1, 0.15) is 5.69 Å². The highest BCUT2D eigenvalue weighted by atomic mass is 16.3. The van der Waals surface area contributed by atoms with Crippen LogP contribution in [0.5, 0.6) is 0 Å². The Balaban J connectivity index is 1.85. The van der Waals surface area contributed by atoms with Crippen LogP contribution in [0.4, 0.5) is 0 Å². The lowest BCUT2D eigenvalue weighted by atomic mass is 10.0. The molecule has 8 nitrogen and oxygen atoms in total. The van der Waals surface area contributed by atoms with Crippen LogP contribution in [0.1, 0.15) is 28.3 Å². The van der Waals surface area contributed by atoms with Gasteiger partial charge in [0.2, 0.25) is 0 Å². The summed E-state index contributed by atoms with van der Waals surface area (Å²) in [7, 11) is 7.53. The lowest BCUT2D eigenvalue weighted by Crippen LogP contribution is -2.43. The summed E-state index contributed by atoms with van der Waals surface area (Å²) in [4.78, 5) is 16.6. The summed E-state index contributed by atoms with van der Waals surface area (Å²) >= 11 is 0. The summed E-state index contributed by atoms with van der Waals surface area (Å²) < 4.78 is 3.44. The molecule has 0 spiro atoms. The molecule has 1 aliphatic heterocycles. The van der Waals surface area contributed by atoms with Crippen LogP contribution in [0.15, 0.2) is 6.07 Å². The first-order chi connectivity index (χ1) is 12.1. The number of carbonyl (C=O) groups is 1. The summed E-state index contributed by atoms with van der Waals surface area (Å²) in [6.07, 6.45) is 0.586. The standard InChI is InChI=1S/C18H28N6O2/c1-12-16(13(2)22(5)19-12)14-9-15(23(6)20-14)17(25)24-8-7-18(26,11-24)10-21(3)4/h9,26H,7-8,10-11H2,1-6H3/t18-/m1/s1. The molecule has 2 aromatic heterocycles. The number of nitrogens with zero attached hydrogens (tertiary/aromatic N) is 6. The van der Waals surface area contributed by atoms with Gasteiger partial charge in [0.25, 0.3) is 5.91 Å². The number of likely N-dealkylation sites (N-methyl/N-ethyl adjacent to an activating group) is 1. The van der Waals surface area contributed by atoms with Gasteiger partial charge in [-0.1, -0.05) is 0 Å². The molecule has 0 saturated carbocycles. The molecule has 1 atom stereocenters. The van der Waals surface area contributed by atoms with Gasteiger partial charge in [0.05, 0.1) is 23.5 Å². The number of hydrogen-bond acceptors (Lipinski definition) is 5. The fourth-order valence-electron chi connectivity index (χ4n) is 3.84. The largest absolute Gasteiger partial charge is 0.387 e. The molecule has 3 heterocycles. The quantitative estimate of drug-likeness (QED) is 0.863. The van der Waals surface area contributed by atoms with Gasteiger partial charge in [-0.05, 0) is 40.4 Å². The molecule has 8 heteroatoms. The third-order valence-electron chi connectivity index (χ3n) is 5.09. The molecule has 1 saturated heterocycles. The van der Waals surface area contributed by atoms with E-state index in [2.05, 4.69) is 10.2 Å². The Labute approximate surface area is 154 Å². The third kappa shape index (κ3) is 3.26. The SMILES string of the molecule is Cc1nn(C)c(C)c1-c1cc(C(=O)N2CC[C@@](O)(CN(C)C)C2)n(C)n1. The molecule has 0 aliphatic carbocycles. The molecule has 1 fully saturated rings. The molecule has 26 heavy (non-hydrogen) atoms. The summed E-state index contributed by atoms with van der Waals surface area (Å²) in [5.74, 6) is -0.0971. The van der Waals surface area contributed by atoms with E-state index in [0.717, 1.165) is 22.6 Å². The van der Waals surface area contributed by atoms with Crippen LogP contribution >= 0.6 is 0 Å². The first kappa shape index (κ1) is 18.6. The number of likely N-dealkylation sites (tertiary alicyclic amines) is 1. The van der Waals surface area contributed by atoms with Crippen molar-refractivity contribution in [2.45, 2.75) is 25.9 Å². The predicted molar refractivity (Wildman–Crippen MR) is 98.9 cm³/mol. The van der Waals surface area contributed by atoms with Gasteiger partial charge in [-0.2, -0.15) is 10.2 Å².